The van der Waals surface area contributed by atoms with Gasteiger partial charge in [0.05, 0.1) is 23.3 Å². The largest absolute Gasteiger partial charge is 0.439 e. The lowest BCUT2D eigenvalue weighted by Crippen LogP contribution is -1.98. The number of nitrogens with one attached hydrogen (secondary N) is 1. The van der Waals surface area contributed by atoms with E-state index in [2.05, 4.69) is 27.4 Å². The van der Waals surface area contributed by atoms with E-state index < -0.39 is 0 Å². The SMILES string of the molecule is N#Cc1ccc(Nc2nccc(Oc3ccc4cc(C#N)ccc4c3)n2)cc1. The molecule has 0 atom stereocenters. The Balaban J connectivity index is 1.53. The molecule has 0 saturated carbocycles. The van der Waals surface area contributed by atoms with Gasteiger partial charge in [0.1, 0.15) is 5.75 Å². The van der Waals surface area contributed by atoms with Crippen LogP contribution >= 0.6 is 0 Å². The summed E-state index contributed by atoms with van der Waals surface area (Å²) in [5.74, 6) is 1.43. The van der Waals surface area contributed by atoms with Gasteiger partial charge in [-0.1, -0.05) is 12.1 Å². The summed E-state index contributed by atoms with van der Waals surface area (Å²) >= 11 is 0. The molecule has 0 unspecified atom stereocenters. The van der Waals surface area contributed by atoms with E-state index in [1.807, 2.05) is 30.3 Å². The maximum atomic E-state index is 9.00. The number of aromatic nitrogens is 2. The van der Waals surface area contributed by atoms with Crippen molar-refractivity contribution in [3.63, 3.8) is 0 Å². The maximum Gasteiger partial charge on any atom is 0.230 e. The van der Waals surface area contributed by atoms with E-state index in [9.17, 15) is 0 Å². The topological polar surface area (TPSA) is 94.6 Å². The van der Waals surface area contributed by atoms with Gasteiger partial charge in [-0.25, -0.2) is 4.98 Å². The first-order chi connectivity index (χ1) is 13.7. The molecule has 1 aromatic heterocycles. The number of rotatable bonds is 4. The van der Waals surface area contributed by atoms with Gasteiger partial charge in [-0.2, -0.15) is 15.5 Å². The van der Waals surface area contributed by atoms with Crippen LogP contribution in [-0.4, -0.2) is 9.97 Å². The van der Waals surface area contributed by atoms with Gasteiger partial charge in [0, 0.05) is 18.0 Å². The second kappa shape index (κ2) is 7.45. The lowest BCUT2D eigenvalue weighted by molar-refractivity contribution is 0.463. The van der Waals surface area contributed by atoms with Crippen LogP contribution < -0.4 is 10.1 Å². The van der Waals surface area contributed by atoms with Crippen molar-refractivity contribution < 1.29 is 4.74 Å². The maximum absolute atomic E-state index is 9.00. The number of ether oxygens (including phenoxy) is 1. The number of fused-ring (bicyclic) bond motifs is 1. The third-order valence-electron chi connectivity index (χ3n) is 4.06. The predicted octanol–water partition coefficient (Wildman–Crippen LogP) is 4.91. The average molecular weight is 363 g/mol. The van der Waals surface area contributed by atoms with Crippen molar-refractivity contribution in [1.29, 1.82) is 10.5 Å². The van der Waals surface area contributed by atoms with Crippen LogP contribution in [0.2, 0.25) is 0 Å². The van der Waals surface area contributed by atoms with Gasteiger partial charge >= 0.3 is 0 Å². The van der Waals surface area contributed by atoms with Crippen LogP contribution in [0.4, 0.5) is 11.6 Å². The smallest absolute Gasteiger partial charge is 0.230 e. The molecule has 0 aliphatic rings. The highest BCUT2D eigenvalue weighted by Gasteiger charge is 2.05. The second-order valence-corrected chi connectivity index (χ2v) is 5.97. The second-order valence-electron chi connectivity index (χ2n) is 5.97. The number of benzene rings is 3. The first-order valence-electron chi connectivity index (χ1n) is 8.45. The molecule has 6 nitrogen and oxygen atoms in total. The number of nitrogens with zero attached hydrogens (tertiary/aromatic N) is 4. The Morgan fingerprint density at radius 2 is 1.50 bits per heavy atom. The van der Waals surface area contributed by atoms with Crippen LogP contribution in [0.25, 0.3) is 10.8 Å². The Bertz CT molecular complexity index is 1240. The Morgan fingerprint density at radius 3 is 2.29 bits per heavy atom. The molecule has 4 rings (SSSR count). The highest BCUT2D eigenvalue weighted by molar-refractivity contribution is 5.85. The third kappa shape index (κ3) is 3.72. The van der Waals surface area contributed by atoms with Crippen molar-refractivity contribution >= 4 is 22.4 Å². The number of hydrogen-bond acceptors (Lipinski definition) is 6. The first kappa shape index (κ1) is 17.0. The summed E-state index contributed by atoms with van der Waals surface area (Å²) in [4.78, 5) is 8.55. The summed E-state index contributed by atoms with van der Waals surface area (Å²) in [5.41, 5.74) is 1.98. The van der Waals surface area contributed by atoms with E-state index >= 15 is 0 Å². The Kier molecular flexibility index (Phi) is 4.53. The summed E-state index contributed by atoms with van der Waals surface area (Å²) < 4.78 is 5.86. The minimum Gasteiger partial charge on any atom is -0.439 e. The normalized spacial score (nSPS) is 10.1. The summed E-state index contributed by atoms with van der Waals surface area (Å²) in [5, 5.41) is 22.9. The molecule has 0 radical (unpaired) electrons. The van der Waals surface area contributed by atoms with Gasteiger partial charge in [-0.15, -0.1) is 0 Å². The van der Waals surface area contributed by atoms with E-state index in [-0.39, 0.29) is 0 Å². The van der Waals surface area contributed by atoms with Gasteiger partial charge in [-0.05, 0) is 59.3 Å². The Labute approximate surface area is 161 Å². The molecule has 3 aromatic carbocycles. The average Bonchev–Trinajstić information content (AvgIpc) is 2.74. The van der Waals surface area contributed by atoms with E-state index in [4.69, 9.17) is 15.3 Å². The summed E-state index contributed by atoms with van der Waals surface area (Å²) in [7, 11) is 0. The lowest BCUT2D eigenvalue weighted by atomic mass is 10.1. The van der Waals surface area contributed by atoms with Crippen molar-refractivity contribution in [2.45, 2.75) is 0 Å². The number of nitriles is 2. The molecule has 0 aliphatic carbocycles. The van der Waals surface area contributed by atoms with Crippen LogP contribution in [0.3, 0.4) is 0 Å². The highest BCUT2D eigenvalue weighted by Crippen LogP contribution is 2.26. The predicted molar refractivity (Wildman–Crippen MR) is 105 cm³/mol. The molecule has 0 saturated heterocycles. The number of hydrogen-bond donors (Lipinski definition) is 1. The Morgan fingerprint density at radius 1 is 0.786 bits per heavy atom. The van der Waals surface area contributed by atoms with Crippen LogP contribution in [0.15, 0.2) is 72.9 Å². The zero-order valence-electron chi connectivity index (χ0n) is 14.6. The van der Waals surface area contributed by atoms with Crippen molar-refractivity contribution in [2.75, 3.05) is 5.32 Å². The third-order valence-corrected chi connectivity index (χ3v) is 4.06. The summed E-state index contributed by atoms with van der Waals surface area (Å²) in [6.07, 6.45) is 1.61. The van der Waals surface area contributed by atoms with E-state index in [0.717, 1.165) is 16.5 Å². The molecule has 6 heteroatoms. The lowest BCUT2D eigenvalue weighted by Gasteiger charge is -2.08. The van der Waals surface area contributed by atoms with Gasteiger partial charge in [0.15, 0.2) is 0 Å². The molecular formula is C22H13N5O. The fourth-order valence-electron chi connectivity index (χ4n) is 2.69. The fraction of sp³-hybridized carbons (Fsp3) is 0. The molecule has 132 valence electrons. The zero-order chi connectivity index (χ0) is 19.3. The van der Waals surface area contributed by atoms with Gasteiger partial charge < -0.3 is 10.1 Å². The van der Waals surface area contributed by atoms with Crippen molar-refractivity contribution in [2.24, 2.45) is 0 Å². The zero-order valence-corrected chi connectivity index (χ0v) is 14.6. The van der Waals surface area contributed by atoms with E-state index in [1.54, 1.807) is 42.6 Å². The van der Waals surface area contributed by atoms with Gasteiger partial charge in [0.25, 0.3) is 0 Å². The van der Waals surface area contributed by atoms with Crippen molar-refractivity contribution in [3.05, 3.63) is 84.1 Å². The van der Waals surface area contributed by atoms with Gasteiger partial charge in [-0.3, -0.25) is 0 Å². The van der Waals surface area contributed by atoms with Gasteiger partial charge in [0.2, 0.25) is 11.8 Å². The summed E-state index contributed by atoms with van der Waals surface area (Å²) in [6.45, 7) is 0. The monoisotopic (exact) mass is 363 g/mol. The van der Waals surface area contributed by atoms with E-state index in [1.165, 1.54) is 0 Å². The molecule has 0 fully saturated rings. The van der Waals surface area contributed by atoms with Crippen LogP contribution in [0, 0.1) is 22.7 Å². The molecule has 0 amide bonds. The highest BCUT2D eigenvalue weighted by atomic mass is 16.5. The van der Waals surface area contributed by atoms with Crippen LogP contribution in [-0.2, 0) is 0 Å². The fourth-order valence-corrected chi connectivity index (χ4v) is 2.69. The van der Waals surface area contributed by atoms with Crippen LogP contribution in [0.5, 0.6) is 11.6 Å². The number of anilines is 2. The Hall–Kier alpha value is -4.42. The molecular weight excluding hydrogens is 350 g/mol. The van der Waals surface area contributed by atoms with Crippen molar-refractivity contribution in [3.8, 4) is 23.8 Å². The molecule has 4 aromatic rings. The minimum atomic E-state index is 0.390. The molecule has 28 heavy (non-hydrogen) atoms. The van der Waals surface area contributed by atoms with E-state index in [0.29, 0.717) is 28.7 Å². The van der Waals surface area contributed by atoms with Crippen LogP contribution in [0.1, 0.15) is 11.1 Å². The van der Waals surface area contributed by atoms with Crippen molar-refractivity contribution in [1.82, 2.24) is 9.97 Å². The minimum absolute atomic E-state index is 0.390. The molecule has 0 spiro atoms. The molecule has 0 bridgehead atoms. The molecule has 1 N–H and O–H groups in total. The molecule has 0 aliphatic heterocycles. The standard InChI is InChI=1S/C22H13N5O/c23-13-15-2-6-19(7-3-15)26-22-25-10-9-21(27-22)28-20-8-5-17-11-16(14-24)1-4-18(17)12-20/h1-12H,(H,25,26,27). The summed E-state index contributed by atoms with van der Waals surface area (Å²) in [6, 6.07) is 24.0. The first-order valence-corrected chi connectivity index (χ1v) is 8.45. The quantitative estimate of drug-likeness (QED) is 0.553. The molecule has 1 heterocycles.